The summed E-state index contributed by atoms with van der Waals surface area (Å²) in [6.45, 7) is 3.54. The summed E-state index contributed by atoms with van der Waals surface area (Å²) in [7, 11) is 0. The van der Waals surface area contributed by atoms with Crippen molar-refractivity contribution in [2.45, 2.75) is 38.4 Å². The minimum atomic E-state index is -1.04. The zero-order valence-corrected chi connectivity index (χ0v) is 22.5. The van der Waals surface area contributed by atoms with Crippen molar-refractivity contribution < 1.29 is 13.6 Å². The van der Waals surface area contributed by atoms with Crippen molar-refractivity contribution in [1.82, 2.24) is 30.2 Å². The number of halogens is 1. The zero-order chi connectivity index (χ0) is 27.9. The highest BCUT2D eigenvalue weighted by atomic mass is 19.1. The number of tetrazole rings is 1. The van der Waals surface area contributed by atoms with E-state index in [1.807, 2.05) is 25.1 Å². The van der Waals surface area contributed by atoms with Crippen LogP contribution in [0.1, 0.15) is 36.7 Å². The standard InChI is InChI=1S/C30H29FN8O2/c1-18-35-37-39(36-18)28(19-5-3-2-4-6-19)20-10-13-38(14-11-20)27-15-21(9-12-32-27)30-34-25-8-7-22(16-26(25)41-30)33-29(40)23-17-24(23)31/h2-9,12,15-16,20,23-24,28H,10-11,13-14,17H2,1H3,(H,33,40)/t23-,24+,28?/m1/s1. The van der Waals surface area contributed by atoms with E-state index in [9.17, 15) is 9.18 Å². The van der Waals surface area contributed by atoms with Crippen molar-refractivity contribution in [3.63, 3.8) is 0 Å². The van der Waals surface area contributed by atoms with Crippen molar-refractivity contribution in [3.8, 4) is 11.5 Å². The number of oxazole rings is 1. The van der Waals surface area contributed by atoms with E-state index in [0.29, 0.717) is 34.4 Å². The number of hydrogen-bond donors (Lipinski definition) is 1. The molecule has 208 valence electrons. The molecule has 1 amide bonds. The summed E-state index contributed by atoms with van der Waals surface area (Å²) in [4.78, 5) is 25.5. The first-order chi connectivity index (χ1) is 20.0. The minimum absolute atomic E-state index is 0.0240. The Morgan fingerprint density at radius 1 is 1.10 bits per heavy atom. The molecule has 1 saturated carbocycles. The summed E-state index contributed by atoms with van der Waals surface area (Å²) in [5.74, 6) is 1.51. The molecule has 2 aromatic carbocycles. The molecule has 1 aliphatic heterocycles. The quantitative estimate of drug-likeness (QED) is 0.300. The second kappa shape index (κ2) is 10.4. The molecule has 1 unspecified atom stereocenters. The molecule has 11 heteroatoms. The fourth-order valence-corrected chi connectivity index (χ4v) is 5.63. The van der Waals surface area contributed by atoms with Gasteiger partial charge >= 0.3 is 0 Å². The van der Waals surface area contributed by atoms with Gasteiger partial charge in [0, 0.05) is 36.6 Å². The second-order valence-corrected chi connectivity index (χ2v) is 10.8. The summed E-state index contributed by atoms with van der Waals surface area (Å²) < 4.78 is 19.3. The van der Waals surface area contributed by atoms with Gasteiger partial charge in [0.05, 0.1) is 5.92 Å². The molecule has 3 aromatic heterocycles. The molecular formula is C30H29FN8O2. The van der Waals surface area contributed by atoms with Crippen LogP contribution in [-0.4, -0.2) is 55.3 Å². The summed E-state index contributed by atoms with van der Waals surface area (Å²) in [5, 5.41) is 15.8. The Hall–Kier alpha value is -4.67. The number of anilines is 2. The van der Waals surface area contributed by atoms with Gasteiger partial charge in [-0.1, -0.05) is 30.3 Å². The molecule has 1 saturated heterocycles. The van der Waals surface area contributed by atoms with Gasteiger partial charge in [-0.25, -0.2) is 14.4 Å². The van der Waals surface area contributed by atoms with Crippen LogP contribution in [0.5, 0.6) is 0 Å². The summed E-state index contributed by atoms with van der Waals surface area (Å²) in [6, 6.07) is 19.5. The molecule has 1 N–H and O–H groups in total. The topological polar surface area (TPSA) is 115 Å². The number of aryl methyl sites for hydroxylation is 1. The van der Waals surface area contributed by atoms with Gasteiger partial charge in [-0.05, 0) is 67.1 Å². The van der Waals surface area contributed by atoms with E-state index in [1.165, 1.54) is 5.56 Å². The molecule has 2 fully saturated rings. The van der Waals surface area contributed by atoms with E-state index in [0.717, 1.165) is 37.3 Å². The molecule has 1 aliphatic carbocycles. The van der Waals surface area contributed by atoms with E-state index in [2.05, 4.69) is 59.9 Å². The molecule has 4 heterocycles. The molecule has 0 bridgehead atoms. The third kappa shape index (κ3) is 5.15. The van der Waals surface area contributed by atoms with E-state index in [1.54, 1.807) is 29.2 Å². The maximum Gasteiger partial charge on any atom is 0.230 e. The molecule has 2 aliphatic rings. The van der Waals surface area contributed by atoms with Crippen LogP contribution in [0.25, 0.3) is 22.6 Å². The minimum Gasteiger partial charge on any atom is -0.436 e. The van der Waals surface area contributed by atoms with E-state index >= 15 is 0 Å². The molecule has 7 rings (SSSR count). The van der Waals surface area contributed by atoms with Crippen molar-refractivity contribution >= 4 is 28.5 Å². The Morgan fingerprint density at radius 3 is 2.63 bits per heavy atom. The highest BCUT2D eigenvalue weighted by molar-refractivity contribution is 5.96. The lowest BCUT2D eigenvalue weighted by Gasteiger charge is -2.36. The monoisotopic (exact) mass is 552 g/mol. The lowest BCUT2D eigenvalue weighted by Crippen LogP contribution is -2.38. The van der Waals surface area contributed by atoms with Gasteiger partial charge in [-0.3, -0.25) is 4.79 Å². The third-order valence-corrected chi connectivity index (χ3v) is 7.93. The van der Waals surface area contributed by atoms with Gasteiger partial charge in [-0.15, -0.1) is 10.2 Å². The first-order valence-corrected chi connectivity index (χ1v) is 13.9. The van der Waals surface area contributed by atoms with Crippen molar-refractivity contribution in [2.24, 2.45) is 11.8 Å². The predicted octanol–water partition coefficient (Wildman–Crippen LogP) is 4.99. The first-order valence-electron chi connectivity index (χ1n) is 13.9. The van der Waals surface area contributed by atoms with Crippen molar-refractivity contribution in [1.29, 1.82) is 0 Å². The average molecular weight is 553 g/mol. The fourth-order valence-electron chi connectivity index (χ4n) is 5.63. The number of carbonyl (C=O) groups is 1. The Balaban J connectivity index is 1.06. The van der Waals surface area contributed by atoms with E-state index < -0.39 is 12.1 Å². The smallest absolute Gasteiger partial charge is 0.230 e. The van der Waals surface area contributed by atoms with Crippen LogP contribution in [0.2, 0.25) is 0 Å². The number of benzene rings is 2. The average Bonchev–Trinajstić information content (AvgIpc) is 3.36. The Kier molecular flexibility index (Phi) is 6.41. The molecule has 3 atom stereocenters. The predicted molar refractivity (Wildman–Crippen MR) is 151 cm³/mol. The number of aromatic nitrogens is 6. The van der Waals surface area contributed by atoms with E-state index in [-0.39, 0.29) is 18.4 Å². The number of amides is 1. The SMILES string of the molecule is Cc1nnn(C(c2ccccc2)C2CCN(c3cc(-c4nc5ccc(NC(=O)[C@@H]6C[C@@H]6F)cc5o4)ccn3)CC2)n1. The van der Waals surface area contributed by atoms with E-state index in [4.69, 9.17) is 4.42 Å². The number of piperidine rings is 1. The van der Waals surface area contributed by atoms with Crippen LogP contribution in [0, 0.1) is 18.8 Å². The summed E-state index contributed by atoms with van der Waals surface area (Å²) >= 11 is 0. The molecular weight excluding hydrogens is 523 g/mol. The molecule has 0 spiro atoms. The fraction of sp³-hybridized carbons (Fsp3) is 0.333. The lowest BCUT2D eigenvalue weighted by atomic mass is 9.85. The van der Waals surface area contributed by atoms with Crippen LogP contribution in [0.4, 0.5) is 15.9 Å². The van der Waals surface area contributed by atoms with Gasteiger partial charge in [-0.2, -0.15) is 4.80 Å². The number of pyridine rings is 1. The molecule has 10 nitrogen and oxygen atoms in total. The first kappa shape index (κ1) is 25.3. The van der Waals surface area contributed by atoms with Gasteiger partial charge in [0.2, 0.25) is 11.8 Å². The maximum absolute atomic E-state index is 13.2. The number of alkyl halides is 1. The number of rotatable bonds is 7. The lowest BCUT2D eigenvalue weighted by molar-refractivity contribution is -0.117. The van der Waals surface area contributed by atoms with Gasteiger partial charge in [0.15, 0.2) is 11.4 Å². The van der Waals surface area contributed by atoms with Crippen LogP contribution in [0.3, 0.4) is 0 Å². The zero-order valence-electron chi connectivity index (χ0n) is 22.5. The Morgan fingerprint density at radius 2 is 1.90 bits per heavy atom. The highest BCUT2D eigenvalue weighted by Crippen LogP contribution is 2.36. The summed E-state index contributed by atoms with van der Waals surface area (Å²) in [5.41, 5.74) is 3.79. The number of nitrogens with zero attached hydrogens (tertiary/aromatic N) is 7. The van der Waals surface area contributed by atoms with Crippen LogP contribution >= 0.6 is 0 Å². The number of nitrogens with one attached hydrogen (secondary N) is 1. The molecule has 5 aromatic rings. The number of carbonyl (C=O) groups excluding carboxylic acids is 1. The number of fused-ring (bicyclic) bond motifs is 1. The van der Waals surface area contributed by atoms with Gasteiger partial charge in [0.25, 0.3) is 0 Å². The maximum atomic E-state index is 13.2. The highest BCUT2D eigenvalue weighted by Gasteiger charge is 2.43. The molecule has 41 heavy (non-hydrogen) atoms. The molecule has 0 radical (unpaired) electrons. The number of hydrogen-bond acceptors (Lipinski definition) is 8. The Bertz CT molecular complexity index is 1700. The van der Waals surface area contributed by atoms with Crippen molar-refractivity contribution in [2.75, 3.05) is 23.3 Å². The Labute approximate surface area is 235 Å². The summed E-state index contributed by atoms with van der Waals surface area (Å²) in [6.07, 6.45) is 2.92. The normalized spacial score (nSPS) is 19.8. The van der Waals surface area contributed by atoms with Crippen LogP contribution in [-0.2, 0) is 4.79 Å². The second-order valence-electron chi connectivity index (χ2n) is 10.8. The van der Waals surface area contributed by atoms with Gasteiger partial charge in [0.1, 0.15) is 23.5 Å². The largest absolute Gasteiger partial charge is 0.436 e. The van der Waals surface area contributed by atoms with Crippen LogP contribution in [0.15, 0.2) is 71.3 Å². The van der Waals surface area contributed by atoms with Gasteiger partial charge < -0.3 is 14.6 Å². The van der Waals surface area contributed by atoms with Crippen LogP contribution < -0.4 is 10.2 Å². The third-order valence-electron chi connectivity index (χ3n) is 7.93. The van der Waals surface area contributed by atoms with Crippen molar-refractivity contribution in [3.05, 3.63) is 78.2 Å².